The number of fused-ring (bicyclic) bond motifs is 1. The highest BCUT2D eigenvalue weighted by Crippen LogP contribution is 2.45. The number of ether oxygens (including phenoxy) is 2. The van der Waals surface area contributed by atoms with Crippen molar-refractivity contribution in [1.29, 1.82) is 0 Å². The predicted molar refractivity (Wildman–Crippen MR) is 131 cm³/mol. The van der Waals surface area contributed by atoms with Crippen molar-refractivity contribution in [1.82, 2.24) is 5.32 Å². The summed E-state index contributed by atoms with van der Waals surface area (Å²) in [6.45, 7) is 8.45. The molecule has 2 aromatic rings. The van der Waals surface area contributed by atoms with Crippen molar-refractivity contribution in [3.63, 3.8) is 0 Å². The first-order chi connectivity index (χ1) is 15.1. The Morgan fingerprint density at radius 2 is 1.84 bits per heavy atom. The lowest BCUT2D eigenvalue weighted by Crippen LogP contribution is -2.55. The van der Waals surface area contributed by atoms with Crippen LogP contribution in [-0.4, -0.2) is 37.4 Å². The fourth-order valence-corrected chi connectivity index (χ4v) is 6.35. The molecule has 32 heavy (non-hydrogen) atoms. The van der Waals surface area contributed by atoms with Crippen molar-refractivity contribution in [2.24, 2.45) is 0 Å². The Labute approximate surface area is 198 Å². The molecule has 8 heteroatoms. The molecule has 1 aliphatic heterocycles. The summed E-state index contributed by atoms with van der Waals surface area (Å²) in [7, 11) is 3.03. The average Bonchev–Trinajstić information content (AvgIpc) is 3.08. The van der Waals surface area contributed by atoms with E-state index in [1.807, 2.05) is 24.3 Å². The van der Waals surface area contributed by atoms with Gasteiger partial charge in [0.05, 0.1) is 19.8 Å². The quantitative estimate of drug-likeness (QED) is 0.309. The molecule has 0 fully saturated rings. The zero-order valence-corrected chi connectivity index (χ0v) is 21.2. The Bertz CT molecular complexity index is 981. The van der Waals surface area contributed by atoms with E-state index in [-0.39, 0.29) is 17.0 Å². The van der Waals surface area contributed by atoms with Gasteiger partial charge in [-0.3, -0.25) is 4.79 Å². The molecule has 1 aromatic heterocycles. The van der Waals surface area contributed by atoms with Gasteiger partial charge in [-0.25, -0.2) is 4.79 Å². The summed E-state index contributed by atoms with van der Waals surface area (Å²) in [5, 5.41) is 7.21. The van der Waals surface area contributed by atoms with Gasteiger partial charge in [0.25, 0.3) is 0 Å². The summed E-state index contributed by atoms with van der Waals surface area (Å²) < 4.78 is 10.2. The fourth-order valence-electron chi connectivity index (χ4n) is 4.22. The van der Waals surface area contributed by atoms with E-state index in [0.717, 1.165) is 33.3 Å². The number of rotatable bonds is 8. The summed E-state index contributed by atoms with van der Waals surface area (Å²) in [6, 6.07) is 7.89. The summed E-state index contributed by atoms with van der Waals surface area (Å²) >= 11 is 3.17. The third-order valence-electron chi connectivity index (χ3n) is 5.36. The summed E-state index contributed by atoms with van der Waals surface area (Å²) in [5.41, 5.74) is 1.00. The first kappa shape index (κ1) is 24.6. The van der Waals surface area contributed by atoms with Crippen LogP contribution in [-0.2, 0) is 21.5 Å². The van der Waals surface area contributed by atoms with E-state index >= 15 is 0 Å². The van der Waals surface area contributed by atoms with Crippen molar-refractivity contribution < 1.29 is 19.1 Å². The zero-order valence-electron chi connectivity index (χ0n) is 19.6. The normalized spacial score (nSPS) is 16.2. The van der Waals surface area contributed by atoms with Gasteiger partial charge < -0.3 is 20.1 Å². The number of thioether (sulfide) groups is 1. The van der Waals surface area contributed by atoms with Crippen LogP contribution in [0.4, 0.5) is 5.00 Å². The van der Waals surface area contributed by atoms with E-state index in [1.165, 1.54) is 18.4 Å². The van der Waals surface area contributed by atoms with Crippen LogP contribution in [0.3, 0.4) is 0 Å². The van der Waals surface area contributed by atoms with Crippen LogP contribution in [0.2, 0.25) is 0 Å². The number of carbonyl (C=O) groups is 2. The number of hydrogen-bond acceptors (Lipinski definition) is 7. The minimum Gasteiger partial charge on any atom is -0.497 e. The van der Waals surface area contributed by atoms with Crippen molar-refractivity contribution in [2.45, 2.75) is 62.9 Å². The second-order valence-electron chi connectivity index (χ2n) is 9.09. The van der Waals surface area contributed by atoms with Gasteiger partial charge in [-0.15, -0.1) is 23.1 Å². The van der Waals surface area contributed by atoms with Crippen LogP contribution in [0.1, 0.15) is 61.3 Å². The second-order valence-corrected chi connectivity index (χ2v) is 11.3. The summed E-state index contributed by atoms with van der Waals surface area (Å²) in [6.07, 6.45) is 1.82. The molecule has 2 heterocycles. The first-order valence-corrected chi connectivity index (χ1v) is 12.5. The summed E-state index contributed by atoms with van der Waals surface area (Å²) in [4.78, 5) is 27.5. The molecule has 0 radical (unpaired) electrons. The fraction of sp³-hybridized carbons (Fsp3) is 0.500. The minimum atomic E-state index is -0.402. The number of esters is 1. The highest BCUT2D eigenvalue weighted by molar-refractivity contribution is 7.99. The third-order valence-corrected chi connectivity index (χ3v) is 7.93. The first-order valence-electron chi connectivity index (χ1n) is 10.7. The Morgan fingerprint density at radius 1 is 1.16 bits per heavy atom. The minimum absolute atomic E-state index is 0.0888. The number of nitrogens with one attached hydrogen (secondary N) is 2. The molecule has 1 amide bonds. The van der Waals surface area contributed by atoms with Crippen molar-refractivity contribution >= 4 is 40.0 Å². The van der Waals surface area contributed by atoms with E-state index in [2.05, 4.69) is 38.3 Å². The number of thiophene rings is 1. The molecule has 0 spiro atoms. The summed E-state index contributed by atoms with van der Waals surface area (Å²) in [5.74, 6) is 1.17. The molecule has 2 N–H and O–H groups in total. The van der Waals surface area contributed by atoms with Gasteiger partial charge in [0.15, 0.2) is 0 Å². The topological polar surface area (TPSA) is 76.7 Å². The third kappa shape index (κ3) is 5.66. The molecule has 1 aromatic carbocycles. The number of carbonyl (C=O) groups excluding carboxylic acids is 2. The van der Waals surface area contributed by atoms with E-state index in [0.29, 0.717) is 23.4 Å². The number of amides is 1. The van der Waals surface area contributed by atoms with Crippen LogP contribution >= 0.6 is 23.1 Å². The maximum Gasteiger partial charge on any atom is 0.341 e. The number of methoxy groups -OCH3 is 2. The molecule has 0 atom stereocenters. The van der Waals surface area contributed by atoms with Gasteiger partial charge >= 0.3 is 5.97 Å². The highest BCUT2D eigenvalue weighted by atomic mass is 32.2. The lowest BCUT2D eigenvalue weighted by molar-refractivity contribution is -0.116. The molecule has 1 aliphatic rings. The molecule has 174 valence electrons. The van der Waals surface area contributed by atoms with E-state index < -0.39 is 5.97 Å². The Morgan fingerprint density at radius 3 is 2.47 bits per heavy atom. The standard InChI is InChI=1S/C24H32N2O4S2/c1-23(2)14-17-19(22(28)30-6)21(32-20(17)24(3,4)26-23)25-18(27)8-7-13-31-16-11-9-15(29-5)10-12-16/h9-12,26H,7-8,13-14H2,1-6H3,(H,25,27). The molecular weight excluding hydrogens is 444 g/mol. The lowest BCUT2D eigenvalue weighted by Gasteiger charge is -2.42. The predicted octanol–water partition coefficient (Wildman–Crippen LogP) is 5.21. The SMILES string of the molecule is COC(=O)c1c(NC(=O)CCCSc2ccc(OC)cc2)sc2c1CC(C)(C)NC2(C)C. The van der Waals surface area contributed by atoms with Crippen LogP contribution in [0.5, 0.6) is 5.75 Å². The highest BCUT2D eigenvalue weighted by Gasteiger charge is 2.42. The van der Waals surface area contributed by atoms with Crippen molar-refractivity contribution in [2.75, 3.05) is 25.3 Å². The Kier molecular flexibility index (Phi) is 7.57. The molecule has 0 bridgehead atoms. The molecule has 0 saturated carbocycles. The van der Waals surface area contributed by atoms with E-state index in [1.54, 1.807) is 18.9 Å². The largest absolute Gasteiger partial charge is 0.497 e. The molecule has 6 nitrogen and oxygen atoms in total. The number of hydrogen-bond donors (Lipinski definition) is 2. The molecule has 3 rings (SSSR count). The average molecular weight is 477 g/mol. The molecule has 0 aliphatic carbocycles. The number of benzene rings is 1. The van der Waals surface area contributed by atoms with E-state index in [9.17, 15) is 9.59 Å². The van der Waals surface area contributed by atoms with Gasteiger partial charge in [-0.2, -0.15) is 0 Å². The Balaban J connectivity index is 1.66. The van der Waals surface area contributed by atoms with Crippen LogP contribution in [0, 0.1) is 0 Å². The zero-order chi connectivity index (χ0) is 23.5. The van der Waals surface area contributed by atoms with Crippen LogP contribution in [0.25, 0.3) is 0 Å². The van der Waals surface area contributed by atoms with Gasteiger partial charge in [0.1, 0.15) is 10.8 Å². The maximum absolute atomic E-state index is 12.7. The van der Waals surface area contributed by atoms with Crippen molar-refractivity contribution in [3.05, 3.63) is 40.3 Å². The molecular formula is C24H32N2O4S2. The van der Waals surface area contributed by atoms with Gasteiger partial charge in [0, 0.05) is 27.3 Å². The van der Waals surface area contributed by atoms with Crippen molar-refractivity contribution in [3.8, 4) is 5.75 Å². The maximum atomic E-state index is 12.7. The Hall–Kier alpha value is -2.03. The van der Waals surface area contributed by atoms with Gasteiger partial charge in [-0.1, -0.05) is 0 Å². The van der Waals surface area contributed by atoms with Gasteiger partial charge in [0.2, 0.25) is 5.91 Å². The van der Waals surface area contributed by atoms with Crippen LogP contribution < -0.4 is 15.4 Å². The second kappa shape index (κ2) is 9.85. The van der Waals surface area contributed by atoms with Crippen LogP contribution in [0.15, 0.2) is 29.2 Å². The van der Waals surface area contributed by atoms with E-state index in [4.69, 9.17) is 9.47 Å². The smallest absolute Gasteiger partial charge is 0.341 e. The lowest BCUT2D eigenvalue weighted by atomic mass is 9.81. The monoisotopic (exact) mass is 476 g/mol. The van der Waals surface area contributed by atoms with Gasteiger partial charge in [-0.05, 0) is 76.1 Å². The number of anilines is 1. The molecule has 0 unspecified atom stereocenters. The molecule has 0 saturated heterocycles.